The van der Waals surface area contributed by atoms with Crippen LogP contribution in [0.1, 0.15) is 17.7 Å². The maximum absolute atomic E-state index is 13.2. The van der Waals surface area contributed by atoms with Crippen molar-refractivity contribution in [3.63, 3.8) is 0 Å². The topological polar surface area (TPSA) is 66.2 Å². The number of ether oxygens (including phenoxy) is 1. The zero-order chi connectivity index (χ0) is 22.9. The molecule has 1 aliphatic heterocycles. The standard InChI is InChI=1S/C26H29N3O4/c30-25(29(20-24-13-7-18-32-24)19-22-9-3-1-4-10-22)21-27-14-8-15-28(17-16-27)26(31)33-23-11-5-2-6-12-23/h1-7,9-13,18H,8,14-17,19-21H2. The van der Waals surface area contributed by atoms with Crippen molar-refractivity contribution in [2.75, 3.05) is 32.7 Å². The molecule has 0 atom stereocenters. The van der Waals surface area contributed by atoms with Gasteiger partial charge in [-0.2, -0.15) is 0 Å². The Kier molecular flexibility index (Phi) is 7.76. The third-order valence-corrected chi connectivity index (χ3v) is 5.65. The van der Waals surface area contributed by atoms with Crippen LogP contribution in [-0.4, -0.2) is 59.4 Å². The fourth-order valence-corrected chi connectivity index (χ4v) is 3.88. The number of amides is 2. The van der Waals surface area contributed by atoms with E-state index >= 15 is 0 Å². The molecule has 0 radical (unpaired) electrons. The summed E-state index contributed by atoms with van der Waals surface area (Å²) in [5.74, 6) is 1.33. The summed E-state index contributed by atoms with van der Waals surface area (Å²) in [6, 6.07) is 22.7. The first-order valence-electron chi connectivity index (χ1n) is 11.3. The Morgan fingerprint density at radius 1 is 0.848 bits per heavy atom. The molecule has 0 spiro atoms. The van der Waals surface area contributed by atoms with E-state index in [-0.39, 0.29) is 12.0 Å². The largest absolute Gasteiger partial charge is 0.467 e. The first-order chi connectivity index (χ1) is 16.2. The molecule has 0 saturated carbocycles. The highest BCUT2D eigenvalue weighted by atomic mass is 16.6. The molecule has 2 amide bonds. The van der Waals surface area contributed by atoms with Gasteiger partial charge in [0, 0.05) is 32.7 Å². The van der Waals surface area contributed by atoms with Gasteiger partial charge in [0.1, 0.15) is 11.5 Å². The molecule has 1 aliphatic rings. The molecule has 0 unspecified atom stereocenters. The van der Waals surface area contributed by atoms with Crippen LogP contribution in [0.2, 0.25) is 0 Å². The highest BCUT2D eigenvalue weighted by Gasteiger charge is 2.24. The summed E-state index contributed by atoms with van der Waals surface area (Å²) in [4.78, 5) is 31.4. The van der Waals surface area contributed by atoms with Crippen LogP contribution in [0, 0.1) is 0 Å². The molecule has 1 fully saturated rings. The monoisotopic (exact) mass is 447 g/mol. The highest BCUT2D eigenvalue weighted by Crippen LogP contribution is 2.14. The van der Waals surface area contributed by atoms with Crippen molar-refractivity contribution in [2.45, 2.75) is 19.5 Å². The minimum Gasteiger partial charge on any atom is -0.467 e. The van der Waals surface area contributed by atoms with Crippen molar-refractivity contribution >= 4 is 12.0 Å². The zero-order valence-electron chi connectivity index (χ0n) is 18.6. The molecule has 1 aromatic heterocycles. The number of benzene rings is 2. The molecule has 33 heavy (non-hydrogen) atoms. The first-order valence-corrected chi connectivity index (χ1v) is 11.3. The van der Waals surface area contributed by atoms with Crippen LogP contribution >= 0.6 is 0 Å². The van der Waals surface area contributed by atoms with Crippen LogP contribution in [0.25, 0.3) is 0 Å². The molecule has 0 bridgehead atoms. The predicted molar refractivity (Wildman–Crippen MR) is 125 cm³/mol. The smallest absolute Gasteiger partial charge is 0.415 e. The van der Waals surface area contributed by atoms with Gasteiger partial charge in [-0.1, -0.05) is 48.5 Å². The molecular formula is C26H29N3O4. The molecule has 2 aromatic carbocycles. The molecule has 7 heteroatoms. The normalized spacial score (nSPS) is 14.5. The number of furan rings is 1. The van der Waals surface area contributed by atoms with E-state index < -0.39 is 0 Å². The summed E-state index contributed by atoms with van der Waals surface area (Å²) < 4.78 is 11.0. The van der Waals surface area contributed by atoms with Gasteiger partial charge in [-0.25, -0.2) is 4.79 Å². The maximum Gasteiger partial charge on any atom is 0.415 e. The molecule has 4 rings (SSSR count). The van der Waals surface area contributed by atoms with Crippen LogP contribution < -0.4 is 4.74 Å². The Morgan fingerprint density at radius 2 is 1.61 bits per heavy atom. The van der Waals surface area contributed by atoms with Crippen molar-refractivity contribution < 1.29 is 18.7 Å². The summed E-state index contributed by atoms with van der Waals surface area (Å²) in [5, 5.41) is 0. The molecule has 3 aromatic rings. The molecule has 2 heterocycles. The number of rotatable bonds is 7. The molecule has 7 nitrogen and oxygen atoms in total. The van der Waals surface area contributed by atoms with Gasteiger partial charge in [-0.3, -0.25) is 9.69 Å². The first kappa shape index (κ1) is 22.6. The van der Waals surface area contributed by atoms with E-state index in [1.54, 1.807) is 23.3 Å². The predicted octanol–water partition coefficient (Wildman–Crippen LogP) is 4.02. The average molecular weight is 448 g/mol. The lowest BCUT2D eigenvalue weighted by molar-refractivity contribution is -0.134. The van der Waals surface area contributed by atoms with Gasteiger partial charge in [-0.15, -0.1) is 0 Å². The summed E-state index contributed by atoms with van der Waals surface area (Å²) in [6.45, 7) is 3.74. The molecular weight excluding hydrogens is 418 g/mol. The van der Waals surface area contributed by atoms with Crippen molar-refractivity contribution in [3.05, 3.63) is 90.4 Å². The lowest BCUT2D eigenvalue weighted by atomic mass is 10.2. The Hall–Kier alpha value is -3.58. The third kappa shape index (κ3) is 6.70. The Bertz CT molecular complexity index is 1010. The lowest BCUT2D eigenvalue weighted by Crippen LogP contribution is -2.42. The zero-order valence-corrected chi connectivity index (χ0v) is 18.6. The van der Waals surface area contributed by atoms with Crippen LogP contribution in [0.15, 0.2) is 83.5 Å². The van der Waals surface area contributed by atoms with Gasteiger partial charge >= 0.3 is 6.09 Å². The minimum atomic E-state index is -0.349. The second kappa shape index (κ2) is 11.3. The average Bonchev–Trinajstić information content (AvgIpc) is 3.24. The number of carbonyl (C=O) groups is 2. The summed E-state index contributed by atoms with van der Waals surface area (Å²) >= 11 is 0. The highest BCUT2D eigenvalue weighted by molar-refractivity contribution is 5.78. The fraction of sp³-hybridized carbons (Fsp3) is 0.308. The third-order valence-electron chi connectivity index (χ3n) is 5.65. The quantitative estimate of drug-likeness (QED) is 0.547. The van der Waals surface area contributed by atoms with Crippen LogP contribution in [0.3, 0.4) is 0 Å². The van der Waals surface area contributed by atoms with E-state index in [0.29, 0.717) is 45.0 Å². The Labute approximate surface area is 194 Å². The SMILES string of the molecule is O=C(CN1CCCN(C(=O)Oc2ccccc2)CC1)N(Cc1ccccc1)Cc1ccco1. The molecule has 172 valence electrons. The molecule has 0 N–H and O–H groups in total. The Balaban J connectivity index is 1.34. The van der Waals surface area contributed by atoms with Gasteiger partial charge in [0.25, 0.3) is 0 Å². The number of para-hydroxylation sites is 1. The lowest BCUT2D eigenvalue weighted by Gasteiger charge is -2.26. The van der Waals surface area contributed by atoms with Gasteiger partial charge < -0.3 is 19.0 Å². The van der Waals surface area contributed by atoms with Crippen LogP contribution in [-0.2, 0) is 17.9 Å². The van der Waals surface area contributed by atoms with Crippen molar-refractivity contribution in [1.82, 2.24) is 14.7 Å². The van der Waals surface area contributed by atoms with Gasteiger partial charge in [0.15, 0.2) is 0 Å². The second-order valence-corrected chi connectivity index (χ2v) is 8.11. The van der Waals surface area contributed by atoms with Crippen molar-refractivity contribution in [3.8, 4) is 5.75 Å². The van der Waals surface area contributed by atoms with Gasteiger partial charge in [-0.05, 0) is 36.2 Å². The molecule has 1 saturated heterocycles. The van der Waals surface area contributed by atoms with Crippen LogP contribution in [0.5, 0.6) is 5.75 Å². The van der Waals surface area contributed by atoms with Crippen LogP contribution in [0.4, 0.5) is 4.79 Å². The molecule has 0 aliphatic carbocycles. The second-order valence-electron chi connectivity index (χ2n) is 8.11. The van der Waals surface area contributed by atoms with E-state index in [1.807, 2.05) is 65.6 Å². The van der Waals surface area contributed by atoms with E-state index in [1.165, 1.54) is 0 Å². The van der Waals surface area contributed by atoms with E-state index in [0.717, 1.165) is 24.3 Å². The summed E-state index contributed by atoms with van der Waals surface area (Å²) in [6.07, 6.45) is 2.06. The van der Waals surface area contributed by atoms with Gasteiger partial charge in [0.2, 0.25) is 5.91 Å². The van der Waals surface area contributed by atoms with Crippen molar-refractivity contribution in [1.29, 1.82) is 0 Å². The Morgan fingerprint density at radius 3 is 2.33 bits per heavy atom. The van der Waals surface area contributed by atoms with E-state index in [2.05, 4.69) is 4.90 Å². The number of hydrogen-bond donors (Lipinski definition) is 0. The van der Waals surface area contributed by atoms with E-state index in [4.69, 9.17) is 9.15 Å². The number of nitrogens with zero attached hydrogens (tertiary/aromatic N) is 3. The minimum absolute atomic E-state index is 0.0376. The van der Waals surface area contributed by atoms with Gasteiger partial charge in [0.05, 0.1) is 19.4 Å². The number of carbonyl (C=O) groups excluding carboxylic acids is 2. The summed E-state index contributed by atoms with van der Waals surface area (Å²) in [5.41, 5.74) is 1.07. The van der Waals surface area contributed by atoms with Crippen molar-refractivity contribution in [2.24, 2.45) is 0 Å². The van der Waals surface area contributed by atoms with E-state index in [9.17, 15) is 9.59 Å². The fourth-order valence-electron chi connectivity index (χ4n) is 3.88. The summed E-state index contributed by atoms with van der Waals surface area (Å²) in [7, 11) is 0. The number of hydrogen-bond acceptors (Lipinski definition) is 5. The maximum atomic E-state index is 13.2.